The molecule has 36 heavy (non-hydrogen) atoms. The van der Waals surface area contributed by atoms with Crippen LogP contribution in [-0.2, 0) is 37.1 Å². The molecular weight excluding hydrogens is 462 g/mol. The van der Waals surface area contributed by atoms with Crippen molar-refractivity contribution in [1.82, 2.24) is 5.32 Å². The number of carbonyl (C=O) groups excluding carboxylic acids is 4. The van der Waals surface area contributed by atoms with Gasteiger partial charge in [0.15, 0.2) is 17.5 Å². The quantitative estimate of drug-likeness (QED) is 0.463. The van der Waals surface area contributed by atoms with Gasteiger partial charge in [0.05, 0.1) is 12.1 Å². The molecule has 0 heterocycles. The van der Waals surface area contributed by atoms with Crippen LogP contribution in [0.5, 0.6) is 0 Å². The predicted molar refractivity (Wildman–Crippen MR) is 132 cm³/mol. The second kappa shape index (κ2) is 13.5. The third-order valence-corrected chi connectivity index (χ3v) is 6.41. The zero-order valence-corrected chi connectivity index (χ0v) is 20.4. The molecule has 2 N–H and O–H groups in total. The van der Waals surface area contributed by atoms with E-state index in [0.717, 1.165) is 30.4 Å². The van der Waals surface area contributed by atoms with Crippen molar-refractivity contribution in [3.05, 3.63) is 71.8 Å². The molecule has 4 rings (SSSR count). The second-order valence-corrected chi connectivity index (χ2v) is 9.17. The van der Waals surface area contributed by atoms with Crippen LogP contribution in [0.2, 0.25) is 0 Å². The molecule has 2 aliphatic carbocycles. The molecule has 3 atom stereocenters. The zero-order chi connectivity index (χ0) is 25.9. The van der Waals surface area contributed by atoms with Crippen molar-refractivity contribution in [3.63, 3.8) is 0 Å². The van der Waals surface area contributed by atoms with Crippen LogP contribution < -0.4 is 5.32 Å². The fraction of sp³-hybridized carbons (Fsp3) is 0.429. The first-order chi connectivity index (χ1) is 17.3. The number of benzene rings is 2. The predicted octanol–water partition coefficient (Wildman–Crippen LogP) is 3.74. The maximum Gasteiger partial charge on any atom is 0.407 e. The number of hydrogen-bond acceptors (Lipinski definition) is 7. The Balaban J connectivity index is 0.000000202. The molecule has 3 unspecified atom stereocenters. The van der Waals surface area contributed by atoms with E-state index in [0.29, 0.717) is 0 Å². The number of ether oxygens (including phenoxy) is 2. The lowest BCUT2D eigenvalue weighted by molar-refractivity contribution is -0.154. The van der Waals surface area contributed by atoms with Crippen LogP contribution in [0, 0.1) is 11.8 Å². The summed E-state index contributed by atoms with van der Waals surface area (Å²) in [6.07, 6.45) is 2.24. The summed E-state index contributed by atoms with van der Waals surface area (Å²) in [4.78, 5) is 45.9. The van der Waals surface area contributed by atoms with Crippen molar-refractivity contribution in [2.45, 2.75) is 64.4 Å². The van der Waals surface area contributed by atoms with E-state index in [2.05, 4.69) is 5.32 Å². The van der Waals surface area contributed by atoms with Crippen LogP contribution in [0.4, 0.5) is 4.79 Å². The average Bonchev–Trinajstić information content (AvgIpc) is 3.23. The molecule has 2 aromatic rings. The lowest BCUT2D eigenvalue weighted by atomic mass is 9.84. The van der Waals surface area contributed by atoms with Gasteiger partial charge in [-0.3, -0.25) is 14.4 Å². The summed E-state index contributed by atoms with van der Waals surface area (Å²) in [6, 6.07) is 18.5. The van der Waals surface area contributed by atoms with E-state index in [1.807, 2.05) is 67.6 Å². The molecular formula is C28H33NO7. The highest BCUT2D eigenvalue weighted by atomic mass is 16.5. The third kappa shape index (κ3) is 8.02. The van der Waals surface area contributed by atoms with Gasteiger partial charge in [0, 0.05) is 12.8 Å². The number of Topliss-reactive ketones (excluding diaryl/α,β-unsaturated/α-hetero) is 2. The lowest BCUT2D eigenvalue weighted by Crippen LogP contribution is -2.48. The van der Waals surface area contributed by atoms with E-state index in [9.17, 15) is 24.3 Å². The zero-order valence-electron chi connectivity index (χ0n) is 20.4. The van der Waals surface area contributed by atoms with Gasteiger partial charge in [0.25, 0.3) is 0 Å². The molecule has 8 nitrogen and oxygen atoms in total. The van der Waals surface area contributed by atoms with Crippen molar-refractivity contribution in [1.29, 1.82) is 0 Å². The third-order valence-electron chi connectivity index (χ3n) is 6.41. The number of aliphatic hydroxyl groups excluding tert-OH is 1. The Morgan fingerprint density at radius 1 is 0.861 bits per heavy atom. The topological polar surface area (TPSA) is 119 Å². The van der Waals surface area contributed by atoms with E-state index in [-0.39, 0.29) is 49.6 Å². The highest BCUT2D eigenvalue weighted by molar-refractivity contribution is 6.21. The van der Waals surface area contributed by atoms with E-state index >= 15 is 0 Å². The summed E-state index contributed by atoms with van der Waals surface area (Å²) in [7, 11) is 0. The number of esters is 1. The number of hydrogen-bond donors (Lipinski definition) is 2. The summed E-state index contributed by atoms with van der Waals surface area (Å²) >= 11 is 0. The monoisotopic (exact) mass is 495 g/mol. The van der Waals surface area contributed by atoms with Crippen LogP contribution >= 0.6 is 0 Å². The second-order valence-electron chi connectivity index (χ2n) is 9.17. The first kappa shape index (κ1) is 27.1. The fourth-order valence-corrected chi connectivity index (χ4v) is 4.26. The molecule has 2 aromatic carbocycles. The van der Waals surface area contributed by atoms with Gasteiger partial charge in [-0.2, -0.15) is 0 Å². The number of nitrogens with one attached hydrogen (secondary N) is 1. The van der Waals surface area contributed by atoms with Gasteiger partial charge in [-0.25, -0.2) is 4.79 Å². The van der Waals surface area contributed by atoms with E-state index in [1.165, 1.54) is 0 Å². The molecule has 2 saturated carbocycles. The number of amides is 1. The maximum atomic E-state index is 11.7. The summed E-state index contributed by atoms with van der Waals surface area (Å²) < 4.78 is 10.1. The van der Waals surface area contributed by atoms with Gasteiger partial charge >= 0.3 is 12.1 Å². The Hall–Kier alpha value is -3.52. The number of carbonyl (C=O) groups is 4. The van der Waals surface area contributed by atoms with Crippen LogP contribution in [0.25, 0.3) is 0 Å². The van der Waals surface area contributed by atoms with E-state index in [4.69, 9.17) is 9.47 Å². The minimum atomic E-state index is -1.18. The molecule has 192 valence electrons. The summed E-state index contributed by atoms with van der Waals surface area (Å²) in [5, 5.41) is 12.8. The maximum absolute atomic E-state index is 11.7. The summed E-state index contributed by atoms with van der Waals surface area (Å²) in [5.74, 6) is -2.32. The number of ketones is 2. The van der Waals surface area contributed by atoms with E-state index in [1.54, 1.807) is 0 Å². The number of aliphatic hydroxyl groups is 1. The highest BCUT2D eigenvalue weighted by Crippen LogP contribution is 2.24. The standard InChI is InChI=1S/C15H21NO3.C13H12O4/c1-11-6-5-9-13(14(11)17)16-15(18)19-10-12-7-3-2-4-8-12;14-10-6-7-11(15)12(10)13(16)17-8-9-4-2-1-3-5-9/h2-4,7-8,11,13-14,17H,5-6,9-10H2,1H3,(H,16,18);1-5,12H,6-8H2. The Labute approximate surface area is 211 Å². The molecule has 0 aliphatic heterocycles. The van der Waals surface area contributed by atoms with Crippen LogP contribution in [0.15, 0.2) is 60.7 Å². The Bertz CT molecular complexity index is 1010. The fourth-order valence-electron chi connectivity index (χ4n) is 4.26. The Morgan fingerprint density at radius 3 is 1.94 bits per heavy atom. The molecule has 0 bridgehead atoms. The molecule has 0 aromatic heterocycles. The average molecular weight is 496 g/mol. The van der Waals surface area contributed by atoms with Crippen LogP contribution in [-0.4, -0.2) is 40.9 Å². The molecule has 0 radical (unpaired) electrons. The normalized spacial score (nSPS) is 21.8. The van der Waals surface area contributed by atoms with Crippen LogP contribution in [0.1, 0.15) is 50.2 Å². The Kier molecular flexibility index (Phi) is 10.2. The van der Waals surface area contributed by atoms with Gasteiger partial charge in [0.1, 0.15) is 13.2 Å². The molecule has 0 spiro atoms. The van der Waals surface area contributed by atoms with Crippen molar-refractivity contribution < 1.29 is 33.8 Å². The first-order valence-electron chi connectivity index (χ1n) is 12.3. The van der Waals surface area contributed by atoms with Gasteiger partial charge in [-0.05, 0) is 29.9 Å². The smallest absolute Gasteiger partial charge is 0.407 e. The Morgan fingerprint density at radius 2 is 1.39 bits per heavy atom. The summed E-state index contributed by atoms with van der Waals surface area (Å²) in [6.45, 7) is 2.36. The SMILES string of the molecule is CC1CCCC(NC(=O)OCc2ccccc2)C1O.O=C1CCC(=O)C1C(=O)OCc1ccccc1. The first-order valence-corrected chi connectivity index (χ1v) is 12.3. The minimum Gasteiger partial charge on any atom is -0.460 e. The van der Waals surface area contributed by atoms with Gasteiger partial charge < -0.3 is 19.9 Å². The lowest BCUT2D eigenvalue weighted by Gasteiger charge is -2.32. The number of alkyl carbamates (subject to hydrolysis) is 1. The van der Waals surface area contributed by atoms with Crippen molar-refractivity contribution in [2.24, 2.45) is 11.8 Å². The van der Waals surface area contributed by atoms with Gasteiger partial charge in [-0.15, -0.1) is 0 Å². The van der Waals surface area contributed by atoms with Gasteiger partial charge in [0.2, 0.25) is 0 Å². The number of rotatable bonds is 6. The molecule has 2 aliphatic rings. The van der Waals surface area contributed by atoms with Crippen molar-refractivity contribution >= 4 is 23.6 Å². The minimum absolute atomic E-state index is 0.0940. The molecule has 2 fully saturated rings. The van der Waals surface area contributed by atoms with Crippen molar-refractivity contribution in [2.75, 3.05) is 0 Å². The molecule has 1 amide bonds. The van der Waals surface area contributed by atoms with Crippen molar-refractivity contribution in [3.8, 4) is 0 Å². The molecule has 0 saturated heterocycles. The summed E-state index contributed by atoms with van der Waals surface area (Å²) in [5.41, 5.74) is 1.79. The largest absolute Gasteiger partial charge is 0.460 e. The van der Waals surface area contributed by atoms with E-state index < -0.39 is 24.1 Å². The van der Waals surface area contributed by atoms with Gasteiger partial charge in [-0.1, -0.05) is 74.0 Å². The van der Waals surface area contributed by atoms with Crippen LogP contribution in [0.3, 0.4) is 0 Å². The highest BCUT2D eigenvalue weighted by Gasteiger charge is 2.39. The molecule has 8 heteroatoms.